The van der Waals surface area contributed by atoms with Gasteiger partial charge in [0, 0.05) is 20.0 Å². The molecule has 1 saturated carbocycles. The quantitative estimate of drug-likeness (QED) is 0.788. The highest BCUT2D eigenvalue weighted by molar-refractivity contribution is 5.86. The molecule has 1 aliphatic carbocycles. The molecule has 0 aromatic rings. The molecule has 0 atom stereocenters. The Kier molecular flexibility index (Phi) is 3.69. The summed E-state index contributed by atoms with van der Waals surface area (Å²) < 4.78 is 0. The first kappa shape index (κ1) is 12.4. The van der Waals surface area contributed by atoms with Crippen LogP contribution in [-0.4, -0.2) is 36.9 Å². The fourth-order valence-corrected chi connectivity index (χ4v) is 3.19. The van der Waals surface area contributed by atoms with Gasteiger partial charge in [-0.3, -0.25) is 9.59 Å². The molecule has 1 spiro atoms. The Morgan fingerprint density at radius 2 is 1.94 bits per heavy atom. The summed E-state index contributed by atoms with van der Waals surface area (Å²) in [5, 5.41) is 2.58. The number of nitrogens with one attached hydrogen (secondary N) is 1. The molecule has 1 aliphatic heterocycles. The molecule has 0 radical (unpaired) electrons. The highest BCUT2D eigenvalue weighted by atomic mass is 16.2. The number of carbonyl (C=O) groups is 2. The van der Waals surface area contributed by atoms with Gasteiger partial charge in [-0.2, -0.15) is 0 Å². The van der Waals surface area contributed by atoms with E-state index in [2.05, 4.69) is 5.32 Å². The molecule has 2 aliphatic rings. The molecule has 1 N–H and O–H groups in total. The molecular formula is C13H22N2O2. The van der Waals surface area contributed by atoms with Crippen LogP contribution in [0.5, 0.6) is 0 Å². The van der Waals surface area contributed by atoms with Gasteiger partial charge in [-0.05, 0) is 18.3 Å². The second-order valence-corrected chi connectivity index (χ2v) is 5.51. The third kappa shape index (κ3) is 2.79. The highest BCUT2D eigenvalue weighted by Gasteiger charge is 2.43. The first-order chi connectivity index (χ1) is 8.15. The molecular weight excluding hydrogens is 216 g/mol. The van der Waals surface area contributed by atoms with Crippen molar-refractivity contribution in [1.82, 2.24) is 10.2 Å². The third-order valence-electron chi connectivity index (χ3n) is 4.18. The molecule has 4 nitrogen and oxygen atoms in total. The van der Waals surface area contributed by atoms with Crippen LogP contribution in [0.15, 0.2) is 0 Å². The Bertz CT molecular complexity index is 307. The van der Waals surface area contributed by atoms with Crippen LogP contribution in [0, 0.1) is 5.41 Å². The fourth-order valence-electron chi connectivity index (χ4n) is 3.19. The van der Waals surface area contributed by atoms with Crippen LogP contribution in [0.3, 0.4) is 0 Å². The molecule has 0 aromatic heterocycles. The monoisotopic (exact) mass is 238 g/mol. The first-order valence-electron chi connectivity index (χ1n) is 6.64. The van der Waals surface area contributed by atoms with E-state index in [0.717, 1.165) is 19.4 Å². The summed E-state index contributed by atoms with van der Waals surface area (Å²) in [7, 11) is 1.62. The second kappa shape index (κ2) is 5.07. The van der Waals surface area contributed by atoms with E-state index in [4.69, 9.17) is 0 Å². The van der Waals surface area contributed by atoms with Crippen LogP contribution in [0.2, 0.25) is 0 Å². The number of likely N-dealkylation sites (tertiary alicyclic amines) is 1. The predicted octanol–water partition coefficient (Wildman–Crippen LogP) is 1.31. The van der Waals surface area contributed by atoms with Gasteiger partial charge in [0.25, 0.3) is 0 Å². The molecule has 0 unspecified atom stereocenters. The van der Waals surface area contributed by atoms with Gasteiger partial charge in [0.05, 0.1) is 6.54 Å². The summed E-state index contributed by atoms with van der Waals surface area (Å²) in [6.07, 6.45) is 8.04. The Morgan fingerprint density at radius 1 is 1.29 bits per heavy atom. The van der Waals surface area contributed by atoms with Crippen molar-refractivity contribution >= 4 is 11.8 Å². The topological polar surface area (TPSA) is 49.4 Å². The largest absolute Gasteiger partial charge is 0.358 e. The van der Waals surface area contributed by atoms with Gasteiger partial charge in [-0.1, -0.05) is 25.7 Å². The Labute approximate surface area is 103 Å². The lowest BCUT2D eigenvalue weighted by molar-refractivity contribution is -0.132. The summed E-state index contributed by atoms with van der Waals surface area (Å²) in [4.78, 5) is 25.0. The number of rotatable bonds is 2. The predicted molar refractivity (Wildman–Crippen MR) is 65.4 cm³/mol. The smallest absolute Gasteiger partial charge is 0.239 e. The highest BCUT2D eigenvalue weighted by Crippen LogP contribution is 2.42. The maximum absolute atomic E-state index is 12.0. The van der Waals surface area contributed by atoms with Gasteiger partial charge in [0.2, 0.25) is 11.8 Å². The SMILES string of the molecule is CNC(=O)CN1CC2(CCCCCC2)CC1=O. The molecule has 0 bridgehead atoms. The van der Waals surface area contributed by atoms with E-state index in [0.29, 0.717) is 6.42 Å². The molecule has 2 rings (SSSR count). The van der Waals surface area contributed by atoms with Crippen molar-refractivity contribution in [3.8, 4) is 0 Å². The standard InChI is InChI=1S/C13H22N2O2/c1-14-11(16)9-15-10-13(8-12(15)17)6-4-2-3-5-7-13/h2-10H2,1H3,(H,14,16). The summed E-state index contributed by atoms with van der Waals surface area (Å²) in [6.45, 7) is 1.02. The van der Waals surface area contributed by atoms with Gasteiger partial charge in [-0.25, -0.2) is 0 Å². The lowest BCUT2D eigenvalue weighted by Crippen LogP contribution is -2.37. The zero-order valence-electron chi connectivity index (χ0n) is 10.6. The number of hydrogen-bond acceptors (Lipinski definition) is 2. The lowest BCUT2D eigenvalue weighted by atomic mass is 9.80. The molecule has 2 amide bonds. The van der Waals surface area contributed by atoms with E-state index in [9.17, 15) is 9.59 Å². The van der Waals surface area contributed by atoms with Crippen molar-refractivity contribution in [2.75, 3.05) is 20.1 Å². The summed E-state index contributed by atoms with van der Waals surface area (Å²) in [6, 6.07) is 0. The number of carbonyl (C=O) groups excluding carboxylic acids is 2. The Morgan fingerprint density at radius 3 is 2.53 bits per heavy atom. The van der Waals surface area contributed by atoms with Crippen molar-refractivity contribution in [3.05, 3.63) is 0 Å². The van der Waals surface area contributed by atoms with E-state index < -0.39 is 0 Å². The van der Waals surface area contributed by atoms with Gasteiger partial charge in [-0.15, -0.1) is 0 Å². The second-order valence-electron chi connectivity index (χ2n) is 5.51. The normalized spacial score (nSPS) is 23.8. The Hall–Kier alpha value is -1.06. The van der Waals surface area contributed by atoms with Crippen LogP contribution in [0.1, 0.15) is 44.9 Å². The lowest BCUT2D eigenvalue weighted by Gasteiger charge is -2.26. The van der Waals surface area contributed by atoms with E-state index in [1.54, 1.807) is 11.9 Å². The molecule has 1 saturated heterocycles. The van der Waals surface area contributed by atoms with Crippen LogP contribution in [0.25, 0.3) is 0 Å². The van der Waals surface area contributed by atoms with Crippen molar-refractivity contribution in [3.63, 3.8) is 0 Å². The van der Waals surface area contributed by atoms with Crippen molar-refractivity contribution in [2.24, 2.45) is 5.41 Å². The van der Waals surface area contributed by atoms with Crippen molar-refractivity contribution < 1.29 is 9.59 Å². The third-order valence-corrected chi connectivity index (χ3v) is 4.18. The van der Waals surface area contributed by atoms with Crippen LogP contribution in [-0.2, 0) is 9.59 Å². The molecule has 17 heavy (non-hydrogen) atoms. The number of hydrogen-bond donors (Lipinski definition) is 1. The van der Waals surface area contributed by atoms with E-state index in [1.807, 2.05) is 0 Å². The van der Waals surface area contributed by atoms with Crippen LogP contribution in [0.4, 0.5) is 0 Å². The van der Waals surface area contributed by atoms with Gasteiger partial charge in [0.15, 0.2) is 0 Å². The zero-order valence-corrected chi connectivity index (χ0v) is 10.6. The number of amides is 2. The van der Waals surface area contributed by atoms with Crippen LogP contribution >= 0.6 is 0 Å². The minimum atomic E-state index is -0.0657. The molecule has 2 fully saturated rings. The minimum absolute atomic E-state index is 0.0657. The molecule has 96 valence electrons. The average Bonchev–Trinajstić information content (AvgIpc) is 2.50. The summed E-state index contributed by atoms with van der Waals surface area (Å²) >= 11 is 0. The summed E-state index contributed by atoms with van der Waals surface area (Å²) in [5.74, 6) is 0.0968. The molecule has 4 heteroatoms. The Balaban J connectivity index is 1.99. The number of likely N-dealkylation sites (N-methyl/N-ethyl adjacent to an activating group) is 1. The molecule has 1 heterocycles. The maximum Gasteiger partial charge on any atom is 0.239 e. The fraction of sp³-hybridized carbons (Fsp3) is 0.846. The minimum Gasteiger partial charge on any atom is -0.358 e. The van der Waals surface area contributed by atoms with E-state index >= 15 is 0 Å². The number of nitrogens with zero attached hydrogens (tertiary/aromatic N) is 1. The van der Waals surface area contributed by atoms with Crippen molar-refractivity contribution in [1.29, 1.82) is 0 Å². The van der Waals surface area contributed by atoms with Crippen LogP contribution < -0.4 is 5.32 Å². The van der Waals surface area contributed by atoms with Gasteiger partial charge in [0.1, 0.15) is 0 Å². The van der Waals surface area contributed by atoms with E-state index in [1.165, 1.54) is 25.7 Å². The van der Waals surface area contributed by atoms with Gasteiger partial charge < -0.3 is 10.2 Å². The van der Waals surface area contributed by atoms with E-state index in [-0.39, 0.29) is 23.8 Å². The summed E-state index contributed by atoms with van der Waals surface area (Å²) in [5.41, 5.74) is 0.182. The average molecular weight is 238 g/mol. The first-order valence-corrected chi connectivity index (χ1v) is 6.64. The zero-order chi connectivity index (χ0) is 12.3. The van der Waals surface area contributed by atoms with Crippen molar-refractivity contribution in [2.45, 2.75) is 44.9 Å². The van der Waals surface area contributed by atoms with Gasteiger partial charge >= 0.3 is 0 Å². The maximum atomic E-state index is 12.0. The molecule has 0 aromatic carbocycles.